The highest BCUT2D eigenvalue weighted by Gasteiger charge is 2.22. The minimum absolute atomic E-state index is 0.0464. The first kappa shape index (κ1) is 28.7. The van der Waals surface area contributed by atoms with Crippen LogP contribution in [0.1, 0.15) is 43.6 Å². The van der Waals surface area contributed by atoms with E-state index in [0.717, 1.165) is 21.0 Å². The van der Waals surface area contributed by atoms with Gasteiger partial charge in [0.2, 0.25) is 21.8 Å². The van der Waals surface area contributed by atoms with Crippen LogP contribution in [-0.4, -0.2) is 39.4 Å². The summed E-state index contributed by atoms with van der Waals surface area (Å²) in [4.78, 5) is 26.5. The molecule has 0 bridgehead atoms. The van der Waals surface area contributed by atoms with Crippen molar-refractivity contribution in [1.29, 1.82) is 0 Å². The standard InChI is InChI=1S/C27H34FN3O4S2/c1-18(2)14-23(31-26(32)17-22-16-20-8-4-5-9-24(20)36-22)27(33)29-12-6-7-13-30-37(34,35)25-11-10-21(28)15-19(25)3/h4-5,8-11,15-16,18,23,30H,6-7,12-14,17H2,1-3H3,(H,29,33)(H,31,32)/t23-/m0/s1. The van der Waals surface area contributed by atoms with Crippen molar-refractivity contribution < 1.29 is 22.4 Å². The number of rotatable bonds is 13. The summed E-state index contributed by atoms with van der Waals surface area (Å²) in [6.45, 7) is 6.08. The van der Waals surface area contributed by atoms with Crippen LogP contribution >= 0.6 is 11.3 Å². The van der Waals surface area contributed by atoms with Crippen LogP contribution in [0.4, 0.5) is 4.39 Å². The van der Waals surface area contributed by atoms with E-state index in [1.165, 1.54) is 12.1 Å². The van der Waals surface area contributed by atoms with E-state index in [9.17, 15) is 22.4 Å². The van der Waals surface area contributed by atoms with Gasteiger partial charge < -0.3 is 10.6 Å². The summed E-state index contributed by atoms with van der Waals surface area (Å²) in [5.41, 5.74) is 0.338. The second kappa shape index (κ2) is 13.1. The Morgan fingerprint density at radius 2 is 1.76 bits per heavy atom. The zero-order chi connectivity index (χ0) is 27.0. The van der Waals surface area contributed by atoms with Gasteiger partial charge in [0.05, 0.1) is 11.3 Å². The molecule has 1 heterocycles. The molecule has 0 saturated carbocycles. The van der Waals surface area contributed by atoms with E-state index in [-0.39, 0.29) is 35.6 Å². The van der Waals surface area contributed by atoms with E-state index in [4.69, 9.17) is 0 Å². The molecule has 0 aliphatic carbocycles. The molecule has 2 aromatic carbocycles. The number of nitrogens with one attached hydrogen (secondary N) is 3. The van der Waals surface area contributed by atoms with Crippen LogP contribution < -0.4 is 15.4 Å². The molecule has 0 spiro atoms. The van der Waals surface area contributed by atoms with Crippen molar-refractivity contribution in [1.82, 2.24) is 15.4 Å². The van der Waals surface area contributed by atoms with Gasteiger partial charge in [-0.3, -0.25) is 9.59 Å². The van der Waals surface area contributed by atoms with Crippen molar-refractivity contribution in [2.24, 2.45) is 5.92 Å². The first-order chi connectivity index (χ1) is 17.5. The number of sulfonamides is 1. The molecule has 1 aromatic heterocycles. The Labute approximate surface area is 221 Å². The Morgan fingerprint density at radius 1 is 1.03 bits per heavy atom. The number of carbonyl (C=O) groups excluding carboxylic acids is 2. The molecule has 0 saturated heterocycles. The molecule has 0 radical (unpaired) electrons. The third-order valence-electron chi connectivity index (χ3n) is 5.79. The fraction of sp³-hybridized carbons (Fsp3) is 0.407. The van der Waals surface area contributed by atoms with Gasteiger partial charge in [0, 0.05) is 22.7 Å². The van der Waals surface area contributed by atoms with E-state index < -0.39 is 21.9 Å². The van der Waals surface area contributed by atoms with Crippen LogP contribution in [0.15, 0.2) is 53.4 Å². The summed E-state index contributed by atoms with van der Waals surface area (Å²) in [5.74, 6) is -0.720. The molecule has 1 atom stereocenters. The molecular weight excluding hydrogens is 513 g/mol. The number of unbranched alkanes of at least 4 members (excludes halogenated alkanes) is 1. The second-order valence-corrected chi connectivity index (χ2v) is 12.4. The fourth-order valence-corrected chi connectivity index (χ4v) is 6.38. The molecule has 3 aromatic rings. The molecule has 2 amide bonds. The van der Waals surface area contributed by atoms with Gasteiger partial charge in [0.15, 0.2) is 0 Å². The third-order valence-corrected chi connectivity index (χ3v) is 8.53. The molecule has 37 heavy (non-hydrogen) atoms. The normalized spacial score (nSPS) is 12.6. The van der Waals surface area contributed by atoms with Crippen LogP contribution in [0, 0.1) is 18.7 Å². The summed E-state index contributed by atoms with van der Waals surface area (Å²) in [7, 11) is -3.74. The second-order valence-electron chi connectivity index (χ2n) is 9.48. The lowest BCUT2D eigenvalue weighted by Gasteiger charge is -2.20. The highest BCUT2D eigenvalue weighted by molar-refractivity contribution is 7.89. The van der Waals surface area contributed by atoms with Crippen LogP contribution in [0.5, 0.6) is 0 Å². The topological polar surface area (TPSA) is 104 Å². The van der Waals surface area contributed by atoms with Gasteiger partial charge >= 0.3 is 0 Å². The zero-order valence-electron chi connectivity index (χ0n) is 21.3. The Kier molecular flexibility index (Phi) is 10.2. The quantitative estimate of drug-likeness (QED) is 0.278. The first-order valence-corrected chi connectivity index (χ1v) is 14.7. The summed E-state index contributed by atoms with van der Waals surface area (Å²) >= 11 is 1.57. The summed E-state index contributed by atoms with van der Waals surface area (Å²) in [5, 5.41) is 6.83. The van der Waals surface area contributed by atoms with Gasteiger partial charge in [-0.05, 0) is 73.4 Å². The Hall–Kier alpha value is -2.82. The summed E-state index contributed by atoms with van der Waals surface area (Å²) in [6, 6.07) is 12.9. The largest absolute Gasteiger partial charge is 0.354 e. The number of halogens is 1. The lowest BCUT2D eigenvalue weighted by molar-refractivity contribution is -0.129. The monoisotopic (exact) mass is 547 g/mol. The Morgan fingerprint density at radius 3 is 2.46 bits per heavy atom. The van der Waals surface area contributed by atoms with Crippen LogP contribution in [0.3, 0.4) is 0 Å². The Balaban J connectivity index is 1.44. The number of hydrogen-bond donors (Lipinski definition) is 3. The number of thiophene rings is 1. The summed E-state index contributed by atoms with van der Waals surface area (Å²) in [6.07, 6.45) is 1.80. The van der Waals surface area contributed by atoms with Crippen LogP contribution in [0.2, 0.25) is 0 Å². The van der Waals surface area contributed by atoms with Crippen molar-refractivity contribution in [2.75, 3.05) is 13.1 Å². The number of hydrogen-bond acceptors (Lipinski definition) is 5. The number of aryl methyl sites for hydroxylation is 1. The number of amides is 2. The molecular formula is C27H34FN3O4S2. The smallest absolute Gasteiger partial charge is 0.242 e. The van der Waals surface area contributed by atoms with E-state index in [1.54, 1.807) is 18.3 Å². The molecule has 3 N–H and O–H groups in total. The van der Waals surface area contributed by atoms with Gasteiger partial charge in [0.25, 0.3) is 0 Å². The average Bonchev–Trinajstić information content (AvgIpc) is 3.22. The highest BCUT2D eigenvalue weighted by Crippen LogP contribution is 2.25. The van der Waals surface area contributed by atoms with Gasteiger partial charge in [-0.2, -0.15) is 0 Å². The zero-order valence-corrected chi connectivity index (χ0v) is 23.0. The third kappa shape index (κ3) is 8.62. The maximum absolute atomic E-state index is 13.3. The van der Waals surface area contributed by atoms with E-state index >= 15 is 0 Å². The number of benzene rings is 2. The molecule has 0 fully saturated rings. The van der Waals surface area contributed by atoms with E-state index in [0.29, 0.717) is 31.4 Å². The maximum Gasteiger partial charge on any atom is 0.242 e. The van der Waals surface area contributed by atoms with Gasteiger partial charge in [0.1, 0.15) is 11.9 Å². The van der Waals surface area contributed by atoms with Crippen molar-refractivity contribution in [3.63, 3.8) is 0 Å². The molecule has 3 rings (SSSR count). The molecule has 10 heteroatoms. The van der Waals surface area contributed by atoms with Crippen LogP contribution in [0.25, 0.3) is 10.1 Å². The van der Waals surface area contributed by atoms with Crippen molar-refractivity contribution in [3.05, 3.63) is 64.8 Å². The molecule has 0 aliphatic rings. The minimum atomic E-state index is -3.74. The predicted octanol–water partition coefficient (Wildman–Crippen LogP) is 4.30. The van der Waals surface area contributed by atoms with Crippen LogP contribution in [-0.2, 0) is 26.0 Å². The lowest BCUT2D eigenvalue weighted by atomic mass is 10.0. The minimum Gasteiger partial charge on any atom is -0.354 e. The van der Waals surface area contributed by atoms with Crippen molar-refractivity contribution >= 4 is 43.3 Å². The van der Waals surface area contributed by atoms with E-state index in [2.05, 4.69) is 15.4 Å². The fourth-order valence-electron chi connectivity index (χ4n) is 4.01. The lowest BCUT2D eigenvalue weighted by Crippen LogP contribution is -2.48. The van der Waals surface area contributed by atoms with Crippen molar-refractivity contribution in [3.8, 4) is 0 Å². The molecule has 7 nitrogen and oxygen atoms in total. The number of fused-ring (bicyclic) bond motifs is 1. The Bertz CT molecular complexity index is 1310. The SMILES string of the molecule is Cc1cc(F)ccc1S(=O)(=O)NCCCCNC(=O)[C@H](CC(C)C)NC(=O)Cc1cc2ccccc2s1. The highest BCUT2D eigenvalue weighted by atomic mass is 32.2. The van der Waals surface area contributed by atoms with Gasteiger partial charge in [-0.15, -0.1) is 11.3 Å². The van der Waals surface area contributed by atoms with Crippen molar-refractivity contribution in [2.45, 2.75) is 57.4 Å². The van der Waals surface area contributed by atoms with Gasteiger partial charge in [-0.1, -0.05) is 32.0 Å². The maximum atomic E-state index is 13.3. The number of carbonyl (C=O) groups is 2. The first-order valence-electron chi connectivity index (χ1n) is 12.4. The van der Waals surface area contributed by atoms with E-state index in [1.807, 2.05) is 44.2 Å². The predicted molar refractivity (Wildman–Crippen MR) is 145 cm³/mol. The average molecular weight is 548 g/mol. The molecule has 200 valence electrons. The molecule has 0 aliphatic heterocycles. The molecule has 0 unspecified atom stereocenters. The summed E-state index contributed by atoms with van der Waals surface area (Å²) < 4.78 is 41.8. The van der Waals surface area contributed by atoms with Gasteiger partial charge in [-0.25, -0.2) is 17.5 Å².